The van der Waals surface area contributed by atoms with Crippen molar-refractivity contribution in [2.45, 2.75) is 5.75 Å². The van der Waals surface area contributed by atoms with Crippen LogP contribution in [0.5, 0.6) is 0 Å². The monoisotopic (exact) mass is 240 g/mol. The summed E-state index contributed by atoms with van der Waals surface area (Å²) >= 11 is 11.2. The Labute approximate surface area is 85.7 Å². The smallest absolute Gasteiger partial charge is 0.214 e. The molecule has 1 heterocycles. The zero-order chi connectivity index (χ0) is 10.1. The average Bonchev–Trinajstić information content (AvgIpc) is 1.78. The van der Waals surface area contributed by atoms with Crippen LogP contribution in [0.1, 0.15) is 5.69 Å². The first kappa shape index (κ1) is 10.7. The molecule has 0 unspecified atom stereocenters. The van der Waals surface area contributed by atoms with Crippen molar-refractivity contribution in [2.24, 2.45) is 5.14 Å². The highest BCUT2D eigenvalue weighted by molar-refractivity contribution is 7.88. The number of pyridine rings is 1. The maximum Gasteiger partial charge on any atom is 0.214 e. The van der Waals surface area contributed by atoms with Gasteiger partial charge in [0.2, 0.25) is 10.0 Å². The minimum Gasteiger partial charge on any atom is -0.240 e. The van der Waals surface area contributed by atoms with E-state index in [-0.39, 0.29) is 16.6 Å². The summed E-state index contributed by atoms with van der Waals surface area (Å²) in [6.45, 7) is 0. The van der Waals surface area contributed by atoms with Crippen LogP contribution in [0.3, 0.4) is 0 Å². The van der Waals surface area contributed by atoms with Crippen LogP contribution in [-0.2, 0) is 15.8 Å². The molecule has 0 saturated heterocycles. The van der Waals surface area contributed by atoms with Crippen LogP contribution < -0.4 is 5.14 Å². The molecule has 0 aromatic carbocycles. The van der Waals surface area contributed by atoms with Crippen molar-refractivity contribution in [3.05, 3.63) is 28.0 Å². The van der Waals surface area contributed by atoms with E-state index in [0.29, 0.717) is 5.02 Å². The second-order valence-electron chi connectivity index (χ2n) is 2.41. The average molecular weight is 241 g/mol. The zero-order valence-corrected chi connectivity index (χ0v) is 8.70. The molecule has 0 fully saturated rings. The molecule has 0 amide bonds. The van der Waals surface area contributed by atoms with Gasteiger partial charge in [-0.1, -0.05) is 23.2 Å². The molecule has 13 heavy (non-hydrogen) atoms. The number of rotatable bonds is 2. The lowest BCUT2D eigenvalue weighted by Gasteiger charge is -1.99. The fourth-order valence-corrected chi connectivity index (χ4v) is 1.87. The van der Waals surface area contributed by atoms with Gasteiger partial charge in [0.15, 0.2) is 0 Å². The molecular formula is C6H6Cl2N2O2S. The predicted octanol–water partition coefficient (Wildman–Crippen LogP) is 1.18. The lowest BCUT2D eigenvalue weighted by molar-refractivity contribution is 0.596. The minimum atomic E-state index is -3.59. The third-order valence-electron chi connectivity index (χ3n) is 1.16. The molecule has 0 spiro atoms. The molecule has 1 aromatic heterocycles. The summed E-state index contributed by atoms with van der Waals surface area (Å²) in [5.74, 6) is -0.368. The van der Waals surface area contributed by atoms with Crippen LogP contribution in [0, 0.1) is 0 Å². The first-order valence-electron chi connectivity index (χ1n) is 3.19. The number of hydrogen-bond donors (Lipinski definition) is 1. The van der Waals surface area contributed by atoms with Crippen LogP contribution in [0.4, 0.5) is 0 Å². The van der Waals surface area contributed by atoms with Crippen LogP contribution in [0.25, 0.3) is 0 Å². The second kappa shape index (κ2) is 3.79. The molecule has 0 aliphatic rings. The zero-order valence-electron chi connectivity index (χ0n) is 6.37. The summed E-state index contributed by atoms with van der Waals surface area (Å²) in [4.78, 5) is 3.74. The molecule has 1 aromatic rings. The number of aromatic nitrogens is 1. The van der Waals surface area contributed by atoms with Crippen molar-refractivity contribution >= 4 is 33.2 Å². The van der Waals surface area contributed by atoms with E-state index in [2.05, 4.69) is 4.98 Å². The van der Waals surface area contributed by atoms with E-state index >= 15 is 0 Å². The third-order valence-corrected chi connectivity index (χ3v) is 2.27. The Hall–Kier alpha value is -0.360. The van der Waals surface area contributed by atoms with Crippen LogP contribution in [0.15, 0.2) is 12.1 Å². The van der Waals surface area contributed by atoms with E-state index in [1.807, 2.05) is 0 Å². The Morgan fingerprint density at radius 3 is 2.46 bits per heavy atom. The van der Waals surface area contributed by atoms with Gasteiger partial charge in [-0.15, -0.1) is 0 Å². The molecule has 0 bridgehead atoms. The van der Waals surface area contributed by atoms with Crippen molar-refractivity contribution in [3.63, 3.8) is 0 Å². The molecule has 0 aliphatic heterocycles. The first-order valence-corrected chi connectivity index (χ1v) is 5.66. The van der Waals surface area contributed by atoms with Gasteiger partial charge >= 0.3 is 0 Å². The van der Waals surface area contributed by atoms with Crippen LogP contribution in [0.2, 0.25) is 10.2 Å². The molecule has 4 nitrogen and oxygen atoms in total. The van der Waals surface area contributed by atoms with E-state index in [1.165, 1.54) is 12.1 Å². The Morgan fingerprint density at radius 1 is 1.38 bits per heavy atom. The van der Waals surface area contributed by atoms with Crippen molar-refractivity contribution in [1.82, 2.24) is 4.98 Å². The van der Waals surface area contributed by atoms with Gasteiger partial charge in [-0.3, -0.25) is 0 Å². The van der Waals surface area contributed by atoms with Gasteiger partial charge in [-0.05, 0) is 12.1 Å². The number of halogens is 2. The summed E-state index contributed by atoms with van der Waals surface area (Å²) < 4.78 is 21.3. The number of hydrogen-bond acceptors (Lipinski definition) is 3. The van der Waals surface area contributed by atoms with E-state index < -0.39 is 10.0 Å². The molecule has 0 radical (unpaired) electrons. The summed E-state index contributed by atoms with van der Waals surface area (Å²) in [5.41, 5.74) is 0.236. The van der Waals surface area contributed by atoms with Gasteiger partial charge in [-0.2, -0.15) is 0 Å². The third kappa shape index (κ3) is 3.91. The van der Waals surface area contributed by atoms with Gasteiger partial charge in [0.05, 0.1) is 5.69 Å². The SMILES string of the molecule is NS(=O)(=O)Cc1cc(Cl)cc(Cl)n1. The molecule has 7 heteroatoms. The summed E-state index contributed by atoms with van der Waals surface area (Å²) in [6.07, 6.45) is 0. The Bertz CT molecular complexity index is 398. The van der Waals surface area contributed by atoms with Gasteiger partial charge in [0, 0.05) is 5.02 Å². The molecule has 0 aliphatic carbocycles. The van der Waals surface area contributed by atoms with Gasteiger partial charge < -0.3 is 0 Å². The topological polar surface area (TPSA) is 73.1 Å². The fourth-order valence-electron chi connectivity index (χ4n) is 0.796. The number of primary sulfonamides is 1. The van der Waals surface area contributed by atoms with Crippen LogP contribution in [-0.4, -0.2) is 13.4 Å². The van der Waals surface area contributed by atoms with Crippen molar-refractivity contribution in [2.75, 3.05) is 0 Å². The molecule has 72 valence electrons. The largest absolute Gasteiger partial charge is 0.240 e. The van der Waals surface area contributed by atoms with Gasteiger partial charge in [0.25, 0.3) is 0 Å². The van der Waals surface area contributed by atoms with E-state index in [0.717, 1.165) is 0 Å². The Balaban J connectivity index is 3.03. The summed E-state index contributed by atoms with van der Waals surface area (Å²) in [6, 6.07) is 2.81. The molecule has 2 N–H and O–H groups in total. The highest BCUT2D eigenvalue weighted by Gasteiger charge is 2.07. The number of sulfonamides is 1. The van der Waals surface area contributed by atoms with Crippen molar-refractivity contribution < 1.29 is 8.42 Å². The van der Waals surface area contributed by atoms with Gasteiger partial charge in [-0.25, -0.2) is 18.5 Å². The van der Waals surface area contributed by atoms with Crippen LogP contribution >= 0.6 is 23.2 Å². The predicted molar refractivity (Wildman–Crippen MR) is 51.1 cm³/mol. The maximum atomic E-state index is 10.7. The fraction of sp³-hybridized carbons (Fsp3) is 0.167. The van der Waals surface area contributed by atoms with Gasteiger partial charge in [0.1, 0.15) is 10.9 Å². The van der Waals surface area contributed by atoms with E-state index in [1.54, 1.807) is 0 Å². The Kier molecular flexibility index (Phi) is 3.13. The lowest BCUT2D eigenvalue weighted by Crippen LogP contribution is -2.15. The van der Waals surface area contributed by atoms with Crippen molar-refractivity contribution in [1.29, 1.82) is 0 Å². The normalized spacial score (nSPS) is 11.6. The summed E-state index contributed by atoms with van der Waals surface area (Å²) in [7, 11) is -3.59. The first-order chi connectivity index (χ1) is 5.87. The highest BCUT2D eigenvalue weighted by atomic mass is 35.5. The Morgan fingerprint density at radius 2 is 2.00 bits per heavy atom. The van der Waals surface area contributed by atoms with E-state index in [9.17, 15) is 8.42 Å². The molecule has 0 atom stereocenters. The minimum absolute atomic E-state index is 0.145. The summed E-state index contributed by atoms with van der Waals surface area (Å²) in [5, 5.41) is 5.29. The number of nitrogens with zero attached hydrogens (tertiary/aromatic N) is 1. The maximum absolute atomic E-state index is 10.7. The standard InChI is InChI=1S/C6H6Cl2N2O2S/c7-4-1-5(3-13(9,11)12)10-6(8)2-4/h1-2H,3H2,(H2,9,11,12). The highest BCUT2D eigenvalue weighted by Crippen LogP contribution is 2.16. The second-order valence-corrected chi connectivity index (χ2v) is 4.84. The molecule has 0 saturated carbocycles. The molecule has 1 rings (SSSR count). The van der Waals surface area contributed by atoms with E-state index in [4.69, 9.17) is 28.3 Å². The van der Waals surface area contributed by atoms with Crippen molar-refractivity contribution in [3.8, 4) is 0 Å². The quantitative estimate of drug-likeness (QED) is 0.790. The number of nitrogens with two attached hydrogens (primary N) is 1. The molecular weight excluding hydrogens is 235 g/mol. The lowest BCUT2D eigenvalue weighted by atomic mass is 10.4.